The smallest absolute Gasteiger partial charge is 0.337 e. The number of ether oxygens (including phenoxy) is 1. The standard InChI is InChI=1S/C17H21N5O3/c1-22(2)9-8-18-15(23)13-10-19-17(20-11-13)21-14-6-4-12(5-7-14)16(24)25-3/h4-7,10-11H,8-9H2,1-3H3,(H,18,23)(H,19,20,21). The summed E-state index contributed by atoms with van der Waals surface area (Å²) >= 11 is 0. The third-order valence-corrected chi connectivity index (χ3v) is 3.32. The van der Waals surface area contributed by atoms with Crippen molar-refractivity contribution in [3.63, 3.8) is 0 Å². The van der Waals surface area contributed by atoms with Gasteiger partial charge >= 0.3 is 5.97 Å². The number of carbonyl (C=O) groups is 2. The number of nitrogens with one attached hydrogen (secondary N) is 2. The number of esters is 1. The van der Waals surface area contributed by atoms with Crippen molar-refractivity contribution in [2.45, 2.75) is 0 Å². The summed E-state index contributed by atoms with van der Waals surface area (Å²) in [5.41, 5.74) is 1.57. The third-order valence-electron chi connectivity index (χ3n) is 3.32. The van der Waals surface area contributed by atoms with Gasteiger partial charge < -0.3 is 20.3 Å². The third kappa shape index (κ3) is 5.54. The van der Waals surface area contributed by atoms with Crippen LogP contribution in [0.5, 0.6) is 0 Å². The van der Waals surface area contributed by atoms with Gasteiger partial charge in [-0.1, -0.05) is 0 Å². The Morgan fingerprint density at radius 1 is 1.08 bits per heavy atom. The van der Waals surface area contributed by atoms with Crippen molar-refractivity contribution in [2.24, 2.45) is 0 Å². The average molecular weight is 343 g/mol. The lowest BCUT2D eigenvalue weighted by Gasteiger charge is -2.10. The largest absolute Gasteiger partial charge is 0.465 e. The maximum Gasteiger partial charge on any atom is 0.337 e. The van der Waals surface area contributed by atoms with Gasteiger partial charge in [-0.3, -0.25) is 4.79 Å². The first kappa shape index (κ1) is 18.3. The molecule has 132 valence electrons. The van der Waals surface area contributed by atoms with Crippen LogP contribution in [-0.4, -0.2) is 61.0 Å². The van der Waals surface area contributed by atoms with Crippen LogP contribution in [0, 0.1) is 0 Å². The van der Waals surface area contributed by atoms with Gasteiger partial charge in [-0.05, 0) is 38.4 Å². The number of carbonyl (C=O) groups excluding carboxylic acids is 2. The van der Waals surface area contributed by atoms with E-state index in [1.54, 1.807) is 24.3 Å². The number of likely N-dealkylation sites (N-methyl/N-ethyl adjacent to an activating group) is 1. The molecule has 2 rings (SSSR count). The summed E-state index contributed by atoms with van der Waals surface area (Å²) in [4.78, 5) is 33.6. The Bertz CT molecular complexity index is 714. The lowest BCUT2D eigenvalue weighted by atomic mass is 10.2. The molecule has 1 aromatic heterocycles. The second-order valence-corrected chi connectivity index (χ2v) is 5.55. The van der Waals surface area contributed by atoms with Crippen LogP contribution in [0.1, 0.15) is 20.7 Å². The van der Waals surface area contributed by atoms with E-state index < -0.39 is 5.97 Å². The van der Waals surface area contributed by atoms with E-state index in [4.69, 9.17) is 0 Å². The number of anilines is 2. The van der Waals surface area contributed by atoms with E-state index in [0.29, 0.717) is 23.6 Å². The lowest BCUT2D eigenvalue weighted by molar-refractivity contribution is 0.0600. The zero-order valence-corrected chi connectivity index (χ0v) is 14.4. The van der Waals surface area contributed by atoms with Crippen LogP contribution in [0.25, 0.3) is 0 Å². The highest BCUT2D eigenvalue weighted by molar-refractivity contribution is 5.93. The maximum atomic E-state index is 12.0. The van der Waals surface area contributed by atoms with Crippen molar-refractivity contribution in [2.75, 3.05) is 39.6 Å². The van der Waals surface area contributed by atoms with Crippen LogP contribution in [0.2, 0.25) is 0 Å². The van der Waals surface area contributed by atoms with Gasteiger partial charge in [0.1, 0.15) is 0 Å². The Hall–Kier alpha value is -3.00. The summed E-state index contributed by atoms with van der Waals surface area (Å²) in [7, 11) is 5.21. The van der Waals surface area contributed by atoms with Gasteiger partial charge in [0, 0.05) is 31.2 Å². The van der Waals surface area contributed by atoms with Gasteiger partial charge in [-0.25, -0.2) is 14.8 Å². The van der Waals surface area contributed by atoms with Crippen molar-refractivity contribution >= 4 is 23.5 Å². The summed E-state index contributed by atoms with van der Waals surface area (Å²) in [5.74, 6) is -0.251. The molecule has 0 unspecified atom stereocenters. The number of hydrogen-bond acceptors (Lipinski definition) is 7. The maximum absolute atomic E-state index is 12.0. The first-order valence-electron chi connectivity index (χ1n) is 7.70. The van der Waals surface area contributed by atoms with E-state index in [9.17, 15) is 9.59 Å². The molecule has 0 atom stereocenters. The van der Waals surface area contributed by atoms with Crippen LogP contribution in [-0.2, 0) is 4.74 Å². The molecule has 2 N–H and O–H groups in total. The summed E-state index contributed by atoms with van der Waals surface area (Å²) in [6, 6.07) is 6.72. The molecule has 1 aromatic carbocycles. The molecule has 0 aliphatic rings. The number of benzene rings is 1. The molecule has 0 aliphatic carbocycles. The number of aromatic nitrogens is 2. The number of rotatable bonds is 7. The molecule has 2 aromatic rings. The number of methoxy groups -OCH3 is 1. The molecule has 0 radical (unpaired) electrons. The molecule has 0 aliphatic heterocycles. The van der Waals surface area contributed by atoms with Crippen molar-refractivity contribution in [3.05, 3.63) is 47.8 Å². The van der Waals surface area contributed by atoms with Crippen LogP contribution >= 0.6 is 0 Å². The molecule has 0 saturated heterocycles. The van der Waals surface area contributed by atoms with Gasteiger partial charge in [0.05, 0.1) is 18.2 Å². The minimum absolute atomic E-state index is 0.212. The summed E-state index contributed by atoms with van der Waals surface area (Å²) in [6.45, 7) is 1.31. The predicted octanol–water partition coefficient (Wildman–Crippen LogP) is 1.30. The fraction of sp³-hybridized carbons (Fsp3) is 0.294. The van der Waals surface area contributed by atoms with Crippen LogP contribution in [0.15, 0.2) is 36.7 Å². The van der Waals surface area contributed by atoms with Gasteiger partial charge in [0.15, 0.2) is 0 Å². The molecular weight excluding hydrogens is 322 g/mol. The van der Waals surface area contributed by atoms with Crippen molar-refractivity contribution < 1.29 is 14.3 Å². The number of hydrogen-bond donors (Lipinski definition) is 2. The van der Waals surface area contributed by atoms with E-state index in [-0.39, 0.29) is 5.91 Å². The van der Waals surface area contributed by atoms with E-state index in [1.807, 2.05) is 19.0 Å². The van der Waals surface area contributed by atoms with E-state index in [0.717, 1.165) is 12.2 Å². The lowest BCUT2D eigenvalue weighted by Crippen LogP contribution is -2.31. The van der Waals surface area contributed by atoms with Crippen molar-refractivity contribution in [1.82, 2.24) is 20.2 Å². The molecule has 0 fully saturated rings. The Kier molecular flexibility index (Phi) is 6.41. The second kappa shape index (κ2) is 8.74. The molecule has 1 heterocycles. The topological polar surface area (TPSA) is 96.4 Å². The highest BCUT2D eigenvalue weighted by Gasteiger charge is 2.08. The predicted molar refractivity (Wildman–Crippen MR) is 94.0 cm³/mol. The average Bonchev–Trinajstić information content (AvgIpc) is 2.62. The van der Waals surface area contributed by atoms with Gasteiger partial charge in [0.25, 0.3) is 5.91 Å². The Morgan fingerprint density at radius 2 is 1.72 bits per heavy atom. The summed E-state index contributed by atoms with van der Waals surface area (Å²) < 4.78 is 4.65. The fourth-order valence-electron chi connectivity index (χ4n) is 1.94. The van der Waals surface area contributed by atoms with E-state index in [2.05, 4.69) is 25.3 Å². The number of nitrogens with zero attached hydrogens (tertiary/aromatic N) is 3. The normalized spacial score (nSPS) is 10.4. The monoisotopic (exact) mass is 343 g/mol. The molecule has 0 bridgehead atoms. The van der Waals surface area contributed by atoms with Gasteiger partial charge in [-0.2, -0.15) is 0 Å². The van der Waals surface area contributed by atoms with Crippen molar-refractivity contribution in [3.8, 4) is 0 Å². The number of amides is 1. The zero-order valence-electron chi connectivity index (χ0n) is 14.4. The van der Waals surface area contributed by atoms with Crippen LogP contribution < -0.4 is 10.6 Å². The van der Waals surface area contributed by atoms with E-state index in [1.165, 1.54) is 19.5 Å². The SMILES string of the molecule is COC(=O)c1ccc(Nc2ncc(C(=O)NCCN(C)C)cn2)cc1. The quantitative estimate of drug-likeness (QED) is 0.731. The molecular formula is C17H21N5O3. The molecule has 1 amide bonds. The molecule has 8 heteroatoms. The van der Waals surface area contributed by atoms with Crippen molar-refractivity contribution in [1.29, 1.82) is 0 Å². The summed E-state index contributed by atoms with van der Waals surface area (Å²) in [6.07, 6.45) is 2.92. The fourth-order valence-corrected chi connectivity index (χ4v) is 1.94. The first-order valence-corrected chi connectivity index (χ1v) is 7.70. The minimum atomic E-state index is -0.396. The molecule has 8 nitrogen and oxygen atoms in total. The molecule has 0 spiro atoms. The van der Waals surface area contributed by atoms with Crippen LogP contribution in [0.3, 0.4) is 0 Å². The van der Waals surface area contributed by atoms with Gasteiger partial charge in [-0.15, -0.1) is 0 Å². The van der Waals surface area contributed by atoms with Gasteiger partial charge in [0.2, 0.25) is 5.95 Å². The Labute approximate surface area is 146 Å². The molecule has 0 saturated carbocycles. The Morgan fingerprint density at radius 3 is 2.28 bits per heavy atom. The highest BCUT2D eigenvalue weighted by atomic mass is 16.5. The van der Waals surface area contributed by atoms with E-state index >= 15 is 0 Å². The molecule has 25 heavy (non-hydrogen) atoms. The Balaban J connectivity index is 1.93. The first-order chi connectivity index (χ1) is 12.0. The summed E-state index contributed by atoms with van der Waals surface area (Å²) in [5, 5.41) is 5.80. The zero-order chi connectivity index (χ0) is 18.2. The highest BCUT2D eigenvalue weighted by Crippen LogP contribution is 2.14. The minimum Gasteiger partial charge on any atom is -0.465 e. The van der Waals surface area contributed by atoms with Crippen LogP contribution in [0.4, 0.5) is 11.6 Å². The second-order valence-electron chi connectivity index (χ2n) is 5.55.